The first-order chi connectivity index (χ1) is 12.4. The number of ether oxygens (including phenoxy) is 3. The van der Waals surface area contributed by atoms with Gasteiger partial charge in [0, 0.05) is 5.69 Å². The highest BCUT2D eigenvalue weighted by molar-refractivity contribution is 5.95. The minimum atomic E-state index is -1.06. The Labute approximate surface area is 150 Å². The second-order valence-corrected chi connectivity index (χ2v) is 5.51. The van der Waals surface area contributed by atoms with Crippen molar-refractivity contribution in [2.24, 2.45) is 0 Å². The largest absolute Gasteiger partial charge is 0.497 e. The van der Waals surface area contributed by atoms with Crippen LogP contribution in [-0.4, -0.2) is 31.2 Å². The number of hydrogen-bond donors (Lipinski definition) is 1. The molecule has 1 N–H and O–H groups in total. The van der Waals surface area contributed by atoms with Gasteiger partial charge in [-0.15, -0.1) is 0 Å². The van der Waals surface area contributed by atoms with Crippen LogP contribution in [0.4, 0.5) is 10.1 Å². The fourth-order valence-corrected chi connectivity index (χ4v) is 2.04. The molecule has 0 aromatic heterocycles. The third kappa shape index (κ3) is 5.47. The van der Waals surface area contributed by atoms with Gasteiger partial charge in [-0.3, -0.25) is 4.79 Å². The zero-order valence-corrected chi connectivity index (χ0v) is 14.7. The number of rotatable bonds is 7. The summed E-state index contributed by atoms with van der Waals surface area (Å²) in [5.41, 5.74) is 0.278. The molecule has 0 aliphatic rings. The Morgan fingerprint density at radius 3 is 2.27 bits per heavy atom. The van der Waals surface area contributed by atoms with Gasteiger partial charge in [0.05, 0.1) is 7.11 Å². The van der Waals surface area contributed by atoms with Crippen LogP contribution < -0.4 is 14.8 Å². The van der Waals surface area contributed by atoms with E-state index in [0.717, 1.165) is 0 Å². The Kier molecular flexibility index (Phi) is 6.54. The Balaban J connectivity index is 1.87. The molecule has 0 fully saturated rings. The van der Waals surface area contributed by atoms with Crippen molar-refractivity contribution >= 4 is 17.6 Å². The van der Waals surface area contributed by atoms with Crippen molar-refractivity contribution < 1.29 is 28.2 Å². The molecule has 0 spiro atoms. The molecule has 0 bridgehead atoms. The number of anilines is 1. The number of carbonyl (C=O) groups is 2. The summed E-state index contributed by atoms with van der Waals surface area (Å²) in [6.45, 7) is 2.94. The van der Waals surface area contributed by atoms with E-state index in [1.807, 2.05) is 0 Å². The lowest BCUT2D eigenvalue weighted by Crippen LogP contribution is -2.35. The summed E-state index contributed by atoms with van der Waals surface area (Å²) in [4.78, 5) is 24.1. The Morgan fingerprint density at radius 2 is 1.65 bits per heavy atom. The molecule has 1 amide bonds. The molecule has 138 valence electrons. The first-order valence-electron chi connectivity index (χ1n) is 7.96. The second-order valence-electron chi connectivity index (χ2n) is 5.51. The van der Waals surface area contributed by atoms with Crippen molar-refractivity contribution in [3.63, 3.8) is 0 Å². The number of halogens is 1. The van der Waals surface area contributed by atoms with Crippen LogP contribution >= 0.6 is 0 Å². The maximum atomic E-state index is 13.1. The highest BCUT2D eigenvalue weighted by Gasteiger charge is 2.23. The molecule has 0 saturated heterocycles. The molecule has 2 atom stereocenters. The van der Waals surface area contributed by atoms with E-state index in [1.165, 1.54) is 38.1 Å². The lowest BCUT2D eigenvalue weighted by Gasteiger charge is -2.18. The van der Waals surface area contributed by atoms with Crippen LogP contribution in [0, 0.1) is 5.82 Å². The van der Waals surface area contributed by atoms with Crippen molar-refractivity contribution in [1.82, 2.24) is 0 Å². The molecule has 0 aliphatic carbocycles. The molecular formula is C19H20FNO5. The standard InChI is InChI=1S/C19H20FNO5/c1-12(18(22)21-15-6-4-5-14(20)11-15)26-19(23)13(2)25-17-9-7-16(24-3)8-10-17/h4-13H,1-3H3,(H,21,22). The zero-order valence-electron chi connectivity index (χ0n) is 14.7. The number of methoxy groups -OCH3 is 1. The van der Waals surface area contributed by atoms with E-state index in [0.29, 0.717) is 11.5 Å². The number of benzene rings is 2. The topological polar surface area (TPSA) is 73.9 Å². The van der Waals surface area contributed by atoms with Gasteiger partial charge < -0.3 is 19.5 Å². The number of amides is 1. The van der Waals surface area contributed by atoms with Crippen molar-refractivity contribution in [2.45, 2.75) is 26.1 Å². The van der Waals surface area contributed by atoms with Crippen LogP contribution in [0.15, 0.2) is 48.5 Å². The molecule has 2 aromatic rings. The van der Waals surface area contributed by atoms with Gasteiger partial charge in [-0.2, -0.15) is 0 Å². The van der Waals surface area contributed by atoms with Crippen molar-refractivity contribution in [3.05, 3.63) is 54.3 Å². The molecule has 2 unspecified atom stereocenters. The van der Waals surface area contributed by atoms with Crippen molar-refractivity contribution in [2.75, 3.05) is 12.4 Å². The molecule has 2 aromatic carbocycles. The van der Waals surface area contributed by atoms with Gasteiger partial charge in [0.2, 0.25) is 0 Å². The van der Waals surface area contributed by atoms with Gasteiger partial charge in [-0.1, -0.05) is 6.07 Å². The minimum absolute atomic E-state index is 0.278. The molecule has 6 nitrogen and oxygen atoms in total. The summed E-state index contributed by atoms with van der Waals surface area (Å²) in [7, 11) is 1.55. The van der Waals surface area contributed by atoms with Gasteiger partial charge in [-0.05, 0) is 56.3 Å². The molecule has 0 saturated carbocycles. The summed E-state index contributed by atoms with van der Waals surface area (Å²) in [5, 5.41) is 2.48. The Morgan fingerprint density at radius 1 is 1.00 bits per heavy atom. The van der Waals surface area contributed by atoms with E-state index in [-0.39, 0.29) is 5.69 Å². The average molecular weight is 361 g/mol. The molecule has 26 heavy (non-hydrogen) atoms. The quantitative estimate of drug-likeness (QED) is 0.767. The molecule has 0 aliphatic heterocycles. The van der Waals surface area contributed by atoms with Gasteiger partial charge in [-0.25, -0.2) is 9.18 Å². The van der Waals surface area contributed by atoms with Crippen LogP contribution in [0.25, 0.3) is 0 Å². The summed E-state index contributed by atoms with van der Waals surface area (Å²) in [6, 6.07) is 12.1. The maximum absolute atomic E-state index is 13.1. The third-order valence-electron chi connectivity index (χ3n) is 3.46. The van der Waals surface area contributed by atoms with Crippen molar-refractivity contribution in [3.8, 4) is 11.5 Å². The van der Waals surface area contributed by atoms with Crippen LogP contribution in [0.5, 0.6) is 11.5 Å². The predicted molar refractivity (Wildman–Crippen MR) is 93.7 cm³/mol. The van der Waals surface area contributed by atoms with Crippen LogP contribution in [-0.2, 0) is 14.3 Å². The van der Waals surface area contributed by atoms with Crippen LogP contribution in [0.3, 0.4) is 0 Å². The monoisotopic (exact) mass is 361 g/mol. The molecular weight excluding hydrogens is 341 g/mol. The van der Waals surface area contributed by atoms with Crippen LogP contribution in [0.2, 0.25) is 0 Å². The third-order valence-corrected chi connectivity index (χ3v) is 3.46. The molecule has 0 radical (unpaired) electrons. The zero-order chi connectivity index (χ0) is 19.1. The van der Waals surface area contributed by atoms with Crippen LogP contribution in [0.1, 0.15) is 13.8 Å². The summed E-state index contributed by atoms with van der Waals surface area (Å²) in [6.07, 6.45) is -1.97. The maximum Gasteiger partial charge on any atom is 0.347 e. The number of carbonyl (C=O) groups excluding carboxylic acids is 2. The Hall–Kier alpha value is -3.09. The number of esters is 1. The van der Waals surface area contributed by atoms with Gasteiger partial charge in [0.1, 0.15) is 17.3 Å². The Bertz CT molecular complexity index is 763. The summed E-state index contributed by atoms with van der Waals surface area (Å²) < 4.78 is 28.7. The summed E-state index contributed by atoms with van der Waals surface area (Å²) >= 11 is 0. The van der Waals surface area contributed by atoms with E-state index in [1.54, 1.807) is 31.4 Å². The van der Waals surface area contributed by atoms with E-state index in [2.05, 4.69) is 5.32 Å². The minimum Gasteiger partial charge on any atom is -0.497 e. The van der Waals surface area contributed by atoms with Gasteiger partial charge in [0.15, 0.2) is 12.2 Å². The molecule has 7 heteroatoms. The van der Waals surface area contributed by atoms with E-state index in [4.69, 9.17) is 14.2 Å². The lowest BCUT2D eigenvalue weighted by atomic mass is 10.3. The average Bonchev–Trinajstić information content (AvgIpc) is 2.62. The van der Waals surface area contributed by atoms with Gasteiger partial charge in [0.25, 0.3) is 5.91 Å². The van der Waals surface area contributed by atoms with E-state index in [9.17, 15) is 14.0 Å². The van der Waals surface area contributed by atoms with Crippen molar-refractivity contribution in [1.29, 1.82) is 0 Å². The van der Waals surface area contributed by atoms with E-state index >= 15 is 0 Å². The molecule has 2 rings (SSSR count). The molecule has 0 heterocycles. The summed E-state index contributed by atoms with van der Waals surface area (Å²) in [5.74, 6) is -0.611. The SMILES string of the molecule is COc1ccc(OC(C)C(=O)OC(C)C(=O)Nc2cccc(F)c2)cc1. The first-order valence-corrected chi connectivity index (χ1v) is 7.96. The fourth-order valence-electron chi connectivity index (χ4n) is 2.04. The number of hydrogen-bond acceptors (Lipinski definition) is 5. The highest BCUT2D eigenvalue weighted by Crippen LogP contribution is 2.18. The second kappa shape index (κ2) is 8.84. The predicted octanol–water partition coefficient (Wildman–Crippen LogP) is 3.17. The lowest BCUT2D eigenvalue weighted by molar-refractivity contribution is -0.159. The highest BCUT2D eigenvalue weighted by atomic mass is 19.1. The fraction of sp³-hybridized carbons (Fsp3) is 0.263. The normalized spacial score (nSPS) is 12.6. The van der Waals surface area contributed by atoms with E-state index < -0.39 is 29.9 Å². The smallest absolute Gasteiger partial charge is 0.347 e. The first kappa shape index (κ1) is 19.2. The van der Waals surface area contributed by atoms with Gasteiger partial charge >= 0.3 is 5.97 Å². The number of nitrogens with one attached hydrogen (secondary N) is 1.